The van der Waals surface area contributed by atoms with Crippen LogP contribution in [0.15, 0.2) is 24.4 Å². The van der Waals surface area contributed by atoms with E-state index in [1.807, 2.05) is 17.7 Å². The van der Waals surface area contributed by atoms with Crippen LogP contribution in [0.4, 0.5) is 4.39 Å². The van der Waals surface area contributed by atoms with E-state index >= 15 is 0 Å². The Morgan fingerprint density at radius 1 is 1.47 bits per heavy atom. The fraction of sp³-hybridized carbons (Fsp3) is 0.250. The van der Waals surface area contributed by atoms with Crippen molar-refractivity contribution in [1.82, 2.24) is 9.55 Å². The lowest BCUT2D eigenvalue weighted by Gasteiger charge is -2.05. The largest absolute Gasteiger partial charge is 0.330 e. The zero-order chi connectivity index (χ0) is 12.4. The van der Waals surface area contributed by atoms with Crippen LogP contribution in [0, 0.1) is 12.7 Å². The number of benzene rings is 1. The number of aromatic nitrogens is 2. The molecule has 2 aromatic rings. The van der Waals surface area contributed by atoms with Crippen LogP contribution in [0.1, 0.15) is 11.5 Å². The highest BCUT2D eigenvalue weighted by Crippen LogP contribution is 2.20. The molecule has 0 unspecified atom stereocenters. The average molecular weight is 254 g/mol. The minimum Gasteiger partial charge on any atom is -0.330 e. The van der Waals surface area contributed by atoms with Gasteiger partial charge in [-0.25, -0.2) is 9.37 Å². The zero-order valence-electron chi connectivity index (χ0n) is 9.45. The number of imidazole rings is 1. The van der Waals surface area contributed by atoms with E-state index in [0.29, 0.717) is 6.54 Å². The van der Waals surface area contributed by atoms with Gasteiger partial charge in [0.1, 0.15) is 11.6 Å². The molecule has 0 aliphatic heterocycles. The van der Waals surface area contributed by atoms with E-state index in [1.54, 1.807) is 12.1 Å². The summed E-state index contributed by atoms with van der Waals surface area (Å²) in [6.45, 7) is 2.44. The van der Waals surface area contributed by atoms with Gasteiger partial charge < -0.3 is 10.3 Å². The molecule has 0 aliphatic carbocycles. The number of hydrogen-bond donors (Lipinski definition) is 1. The Morgan fingerprint density at radius 3 is 2.88 bits per heavy atom. The van der Waals surface area contributed by atoms with Gasteiger partial charge in [0.15, 0.2) is 0 Å². The Morgan fingerprint density at radius 2 is 2.24 bits per heavy atom. The molecular weight excluding hydrogens is 241 g/mol. The first kappa shape index (κ1) is 12.1. The van der Waals surface area contributed by atoms with Crippen LogP contribution in [0.5, 0.6) is 0 Å². The van der Waals surface area contributed by atoms with Gasteiger partial charge in [0.25, 0.3) is 0 Å². The maximum Gasteiger partial charge on any atom is 0.141 e. The highest BCUT2D eigenvalue weighted by Gasteiger charge is 2.07. The third-order valence-corrected chi connectivity index (χ3v) is 2.80. The minimum atomic E-state index is -0.421. The summed E-state index contributed by atoms with van der Waals surface area (Å²) in [5, 5.41) is 0.107. The molecule has 3 nitrogen and oxygen atoms in total. The highest BCUT2D eigenvalue weighted by molar-refractivity contribution is 6.30. The van der Waals surface area contributed by atoms with Crippen LogP contribution < -0.4 is 5.73 Å². The molecule has 0 radical (unpaired) electrons. The molecule has 0 bridgehead atoms. The molecule has 2 rings (SSSR count). The van der Waals surface area contributed by atoms with Gasteiger partial charge in [0, 0.05) is 18.3 Å². The SMILES string of the molecule is Cc1nc(CCN)cn1-c1ccc(F)c(Cl)c1. The van der Waals surface area contributed by atoms with Gasteiger partial charge >= 0.3 is 0 Å². The van der Waals surface area contributed by atoms with Gasteiger partial charge in [-0.3, -0.25) is 0 Å². The van der Waals surface area contributed by atoms with Crippen LogP contribution in [0.3, 0.4) is 0 Å². The molecule has 0 fully saturated rings. The summed E-state index contributed by atoms with van der Waals surface area (Å²) < 4.78 is 14.9. The Labute approximate surface area is 104 Å². The number of rotatable bonds is 3. The van der Waals surface area contributed by atoms with Gasteiger partial charge in [-0.2, -0.15) is 0 Å². The van der Waals surface area contributed by atoms with Crippen LogP contribution >= 0.6 is 11.6 Å². The number of aryl methyl sites for hydroxylation is 1. The maximum absolute atomic E-state index is 13.1. The molecule has 2 N–H and O–H groups in total. The van der Waals surface area contributed by atoms with Gasteiger partial charge in [-0.1, -0.05) is 11.6 Å². The van der Waals surface area contributed by atoms with E-state index in [2.05, 4.69) is 4.98 Å². The molecule has 0 saturated heterocycles. The van der Waals surface area contributed by atoms with Crippen molar-refractivity contribution in [1.29, 1.82) is 0 Å². The summed E-state index contributed by atoms with van der Waals surface area (Å²) in [5.41, 5.74) is 7.20. The topological polar surface area (TPSA) is 43.8 Å². The van der Waals surface area contributed by atoms with Crippen LogP contribution in [-0.2, 0) is 6.42 Å². The summed E-state index contributed by atoms with van der Waals surface area (Å²) >= 11 is 5.76. The predicted molar refractivity (Wildman–Crippen MR) is 66.0 cm³/mol. The van der Waals surface area contributed by atoms with Crippen LogP contribution in [-0.4, -0.2) is 16.1 Å². The molecule has 1 aromatic carbocycles. The fourth-order valence-electron chi connectivity index (χ4n) is 1.70. The van der Waals surface area contributed by atoms with E-state index in [-0.39, 0.29) is 5.02 Å². The van der Waals surface area contributed by atoms with Crippen molar-refractivity contribution in [3.63, 3.8) is 0 Å². The first-order chi connectivity index (χ1) is 8.11. The number of nitrogens with zero attached hydrogens (tertiary/aromatic N) is 2. The molecule has 1 aromatic heterocycles. The third kappa shape index (κ3) is 2.48. The average Bonchev–Trinajstić information content (AvgIpc) is 2.64. The predicted octanol–water partition coefficient (Wildman–Crippen LogP) is 2.47. The summed E-state index contributed by atoms with van der Waals surface area (Å²) in [6, 6.07) is 4.60. The van der Waals surface area contributed by atoms with Crippen molar-refractivity contribution in [2.45, 2.75) is 13.3 Å². The Bertz CT molecular complexity index is 537. The monoisotopic (exact) mass is 253 g/mol. The number of nitrogens with two attached hydrogens (primary N) is 1. The van der Waals surface area contributed by atoms with Crippen molar-refractivity contribution >= 4 is 11.6 Å². The van der Waals surface area contributed by atoms with Gasteiger partial charge in [-0.15, -0.1) is 0 Å². The lowest BCUT2D eigenvalue weighted by Crippen LogP contribution is -2.02. The minimum absolute atomic E-state index is 0.107. The summed E-state index contributed by atoms with van der Waals surface area (Å²) in [6.07, 6.45) is 2.62. The molecule has 1 heterocycles. The summed E-state index contributed by atoms with van der Waals surface area (Å²) in [5.74, 6) is 0.409. The number of hydrogen-bond acceptors (Lipinski definition) is 2. The third-order valence-electron chi connectivity index (χ3n) is 2.51. The first-order valence-corrected chi connectivity index (χ1v) is 5.70. The van der Waals surface area contributed by atoms with Crippen molar-refractivity contribution < 1.29 is 4.39 Å². The maximum atomic E-state index is 13.1. The van der Waals surface area contributed by atoms with Crippen molar-refractivity contribution in [2.24, 2.45) is 5.73 Å². The first-order valence-electron chi connectivity index (χ1n) is 5.32. The van der Waals surface area contributed by atoms with Crippen LogP contribution in [0.2, 0.25) is 5.02 Å². The zero-order valence-corrected chi connectivity index (χ0v) is 10.2. The second-order valence-corrected chi connectivity index (χ2v) is 4.19. The molecule has 0 saturated carbocycles. The number of halogens is 2. The van der Waals surface area contributed by atoms with Crippen molar-refractivity contribution in [2.75, 3.05) is 6.54 Å². The molecule has 0 spiro atoms. The van der Waals surface area contributed by atoms with Gasteiger partial charge in [-0.05, 0) is 31.7 Å². The highest BCUT2D eigenvalue weighted by atomic mass is 35.5. The quantitative estimate of drug-likeness (QED) is 0.913. The van der Waals surface area contributed by atoms with Crippen molar-refractivity contribution in [3.8, 4) is 5.69 Å². The Hall–Kier alpha value is -1.39. The lowest BCUT2D eigenvalue weighted by atomic mass is 10.3. The molecule has 90 valence electrons. The Balaban J connectivity index is 2.41. The van der Waals surface area contributed by atoms with E-state index in [9.17, 15) is 4.39 Å². The van der Waals surface area contributed by atoms with E-state index < -0.39 is 5.82 Å². The lowest BCUT2D eigenvalue weighted by molar-refractivity contribution is 0.627. The molecule has 5 heteroatoms. The molecule has 0 amide bonds. The fourth-order valence-corrected chi connectivity index (χ4v) is 1.87. The Kier molecular flexibility index (Phi) is 3.45. The molecule has 17 heavy (non-hydrogen) atoms. The van der Waals surface area contributed by atoms with E-state index in [1.165, 1.54) is 6.07 Å². The smallest absolute Gasteiger partial charge is 0.141 e. The van der Waals surface area contributed by atoms with E-state index in [0.717, 1.165) is 23.6 Å². The summed E-state index contributed by atoms with van der Waals surface area (Å²) in [4.78, 5) is 4.37. The van der Waals surface area contributed by atoms with E-state index in [4.69, 9.17) is 17.3 Å². The standard InChI is InChI=1S/C12H13ClFN3/c1-8-16-9(4-5-15)7-17(8)10-2-3-12(14)11(13)6-10/h2-3,6-7H,4-5,15H2,1H3. The van der Waals surface area contributed by atoms with Gasteiger partial charge in [0.2, 0.25) is 0 Å². The molecular formula is C12H13ClFN3. The molecule has 0 atom stereocenters. The summed E-state index contributed by atoms with van der Waals surface area (Å²) in [7, 11) is 0. The second kappa shape index (κ2) is 4.85. The van der Waals surface area contributed by atoms with Crippen LogP contribution in [0.25, 0.3) is 5.69 Å². The van der Waals surface area contributed by atoms with Gasteiger partial charge in [0.05, 0.1) is 10.7 Å². The normalized spacial score (nSPS) is 10.8. The second-order valence-electron chi connectivity index (χ2n) is 3.79. The molecule has 0 aliphatic rings. The van der Waals surface area contributed by atoms with Crippen molar-refractivity contribution in [3.05, 3.63) is 46.8 Å².